The Kier molecular flexibility index (Phi) is 2.91. The van der Waals surface area contributed by atoms with E-state index >= 15 is 0 Å². The Morgan fingerprint density at radius 3 is 2.90 bits per heavy atom. The lowest BCUT2D eigenvalue weighted by Gasteiger charge is -2.14. The predicted molar refractivity (Wildman–Crippen MR) is 45.8 cm³/mol. The molecule has 1 atom stereocenters. The van der Waals surface area contributed by atoms with Crippen molar-refractivity contribution in [2.75, 3.05) is 13.6 Å². The molecule has 1 heterocycles. The average molecular weight is 255 g/mol. The molecule has 10 heavy (non-hydrogen) atoms. The second-order valence-corrected chi connectivity index (χ2v) is 2.98. The standard InChI is InChI=1S/C6H10INO2/c1-8-4-2-3-5(8)6(9)10-7/h5H,2-4H2,1H3. The van der Waals surface area contributed by atoms with E-state index in [1.165, 1.54) is 0 Å². The van der Waals surface area contributed by atoms with Gasteiger partial charge in [-0.3, -0.25) is 4.90 Å². The quantitative estimate of drug-likeness (QED) is 0.654. The molecule has 0 spiro atoms. The number of hydrogen-bond acceptors (Lipinski definition) is 3. The van der Waals surface area contributed by atoms with Gasteiger partial charge in [0.1, 0.15) is 6.04 Å². The molecule has 0 amide bonds. The summed E-state index contributed by atoms with van der Waals surface area (Å²) in [6.45, 7) is 1.01. The van der Waals surface area contributed by atoms with Gasteiger partial charge in [0.25, 0.3) is 0 Å². The topological polar surface area (TPSA) is 29.5 Å². The fraction of sp³-hybridized carbons (Fsp3) is 0.833. The van der Waals surface area contributed by atoms with Crippen LogP contribution in [0, 0.1) is 0 Å². The molecule has 0 aromatic rings. The van der Waals surface area contributed by atoms with Gasteiger partial charge in [-0.2, -0.15) is 0 Å². The minimum atomic E-state index is -0.111. The number of likely N-dealkylation sites (N-methyl/N-ethyl adjacent to an activating group) is 1. The third-order valence-corrected chi connectivity index (χ3v) is 2.30. The summed E-state index contributed by atoms with van der Waals surface area (Å²) >= 11 is 1.64. The lowest BCUT2D eigenvalue weighted by atomic mass is 10.2. The third-order valence-electron chi connectivity index (χ3n) is 1.87. The maximum Gasteiger partial charge on any atom is 0.332 e. The Bertz CT molecular complexity index is 140. The van der Waals surface area contributed by atoms with Crippen LogP contribution >= 0.6 is 23.0 Å². The first kappa shape index (κ1) is 8.26. The van der Waals surface area contributed by atoms with Crippen molar-refractivity contribution in [2.45, 2.75) is 18.9 Å². The SMILES string of the molecule is CN1CCCC1C(=O)OI. The third kappa shape index (κ3) is 1.60. The van der Waals surface area contributed by atoms with Gasteiger partial charge in [-0.25, -0.2) is 4.79 Å². The number of likely N-dealkylation sites (tertiary alicyclic amines) is 1. The van der Waals surface area contributed by atoms with Crippen molar-refractivity contribution in [3.05, 3.63) is 0 Å². The van der Waals surface area contributed by atoms with Crippen LogP contribution in [0.3, 0.4) is 0 Å². The Morgan fingerprint density at radius 1 is 1.80 bits per heavy atom. The minimum absolute atomic E-state index is 0.0110. The van der Waals surface area contributed by atoms with Crippen molar-refractivity contribution in [1.29, 1.82) is 0 Å². The molecule has 1 aliphatic rings. The van der Waals surface area contributed by atoms with Gasteiger partial charge in [0, 0.05) is 0 Å². The van der Waals surface area contributed by atoms with Gasteiger partial charge in [0.05, 0.1) is 0 Å². The van der Waals surface area contributed by atoms with Crippen molar-refractivity contribution in [1.82, 2.24) is 4.90 Å². The first-order chi connectivity index (χ1) is 4.75. The summed E-state index contributed by atoms with van der Waals surface area (Å²) in [5.41, 5.74) is 0. The van der Waals surface area contributed by atoms with Crippen LogP contribution in [0.25, 0.3) is 0 Å². The monoisotopic (exact) mass is 255 g/mol. The van der Waals surface area contributed by atoms with E-state index < -0.39 is 0 Å². The van der Waals surface area contributed by atoms with Crippen molar-refractivity contribution in [3.63, 3.8) is 0 Å². The molecule has 0 aromatic heterocycles. The van der Waals surface area contributed by atoms with E-state index in [0.717, 1.165) is 19.4 Å². The summed E-state index contributed by atoms with van der Waals surface area (Å²) in [6.07, 6.45) is 2.05. The van der Waals surface area contributed by atoms with Crippen LogP contribution in [0.15, 0.2) is 0 Å². The summed E-state index contributed by atoms with van der Waals surface area (Å²) in [6, 6.07) is 0.0110. The van der Waals surface area contributed by atoms with Crippen molar-refractivity contribution in [3.8, 4) is 0 Å². The number of carbonyl (C=O) groups excluding carboxylic acids is 1. The van der Waals surface area contributed by atoms with Crippen LogP contribution < -0.4 is 0 Å². The van der Waals surface area contributed by atoms with E-state index in [-0.39, 0.29) is 12.0 Å². The molecule has 3 nitrogen and oxygen atoms in total. The van der Waals surface area contributed by atoms with Gasteiger partial charge < -0.3 is 3.07 Å². The highest BCUT2D eigenvalue weighted by molar-refractivity contribution is 14.1. The molecule has 1 fully saturated rings. The Hall–Kier alpha value is 0.160. The fourth-order valence-electron chi connectivity index (χ4n) is 1.26. The van der Waals surface area contributed by atoms with E-state index in [2.05, 4.69) is 3.07 Å². The van der Waals surface area contributed by atoms with Crippen LogP contribution in [0.2, 0.25) is 0 Å². The van der Waals surface area contributed by atoms with Crippen LogP contribution in [0.5, 0.6) is 0 Å². The molecular formula is C6H10INO2. The molecule has 0 saturated carbocycles. The average Bonchev–Trinajstić information content (AvgIpc) is 2.34. The van der Waals surface area contributed by atoms with Gasteiger partial charge >= 0.3 is 5.97 Å². The number of rotatable bonds is 1. The summed E-state index contributed by atoms with van der Waals surface area (Å²) in [4.78, 5) is 13.0. The van der Waals surface area contributed by atoms with E-state index in [9.17, 15) is 4.79 Å². The zero-order chi connectivity index (χ0) is 7.56. The second kappa shape index (κ2) is 3.52. The highest BCUT2D eigenvalue weighted by atomic mass is 127. The first-order valence-corrected chi connectivity index (χ1v) is 4.16. The number of nitrogens with zero attached hydrogens (tertiary/aromatic N) is 1. The fourth-order valence-corrected chi connectivity index (χ4v) is 1.55. The maximum absolute atomic E-state index is 11.0. The van der Waals surface area contributed by atoms with E-state index in [0.29, 0.717) is 0 Å². The van der Waals surface area contributed by atoms with Crippen molar-refractivity contribution in [2.24, 2.45) is 0 Å². The lowest BCUT2D eigenvalue weighted by Crippen LogP contribution is -2.32. The summed E-state index contributed by atoms with van der Waals surface area (Å²) in [5, 5.41) is 0. The smallest absolute Gasteiger partial charge is 0.332 e. The van der Waals surface area contributed by atoms with Gasteiger partial charge in [-0.1, -0.05) is 0 Å². The minimum Gasteiger partial charge on any atom is -0.393 e. The zero-order valence-electron chi connectivity index (χ0n) is 5.84. The highest BCUT2D eigenvalue weighted by Crippen LogP contribution is 2.16. The summed E-state index contributed by atoms with van der Waals surface area (Å²) in [5.74, 6) is -0.111. The van der Waals surface area contributed by atoms with E-state index in [1.54, 1.807) is 23.0 Å². The number of halogens is 1. The van der Waals surface area contributed by atoms with Gasteiger partial charge in [0.2, 0.25) is 0 Å². The van der Waals surface area contributed by atoms with E-state index in [4.69, 9.17) is 0 Å². The molecular weight excluding hydrogens is 245 g/mol. The van der Waals surface area contributed by atoms with Crippen LogP contribution in [-0.4, -0.2) is 30.5 Å². The van der Waals surface area contributed by atoms with Crippen molar-refractivity contribution >= 4 is 29.0 Å². The molecule has 58 valence electrons. The zero-order valence-corrected chi connectivity index (χ0v) is 8.00. The predicted octanol–water partition coefficient (Wildman–Crippen LogP) is 0.974. The van der Waals surface area contributed by atoms with Crippen LogP contribution in [0.4, 0.5) is 0 Å². The van der Waals surface area contributed by atoms with Crippen molar-refractivity contribution < 1.29 is 7.86 Å². The number of carbonyl (C=O) groups is 1. The van der Waals surface area contributed by atoms with Crippen LogP contribution in [-0.2, 0) is 7.86 Å². The normalized spacial score (nSPS) is 26.8. The van der Waals surface area contributed by atoms with Gasteiger partial charge in [0.15, 0.2) is 23.0 Å². The molecule has 0 N–H and O–H groups in total. The lowest BCUT2D eigenvalue weighted by molar-refractivity contribution is -0.135. The summed E-state index contributed by atoms with van der Waals surface area (Å²) < 4.78 is 4.59. The molecule has 0 radical (unpaired) electrons. The molecule has 0 bridgehead atoms. The second-order valence-electron chi connectivity index (χ2n) is 2.53. The van der Waals surface area contributed by atoms with Gasteiger partial charge in [-0.05, 0) is 26.4 Å². The number of hydrogen-bond donors (Lipinski definition) is 0. The molecule has 1 aliphatic heterocycles. The first-order valence-electron chi connectivity index (χ1n) is 3.28. The largest absolute Gasteiger partial charge is 0.393 e. The molecule has 1 rings (SSSR count). The molecule has 1 unspecified atom stereocenters. The van der Waals surface area contributed by atoms with Gasteiger partial charge in [-0.15, -0.1) is 0 Å². The van der Waals surface area contributed by atoms with Crippen LogP contribution in [0.1, 0.15) is 12.8 Å². The Morgan fingerprint density at radius 2 is 2.50 bits per heavy atom. The van der Waals surface area contributed by atoms with E-state index in [1.807, 2.05) is 11.9 Å². The molecule has 0 aromatic carbocycles. The maximum atomic E-state index is 11.0. The Labute approximate surface area is 74.4 Å². The summed E-state index contributed by atoms with van der Waals surface area (Å²) in [7, 11) is 1.95. The highest BCUT2D eigenvalue weighted by Gasteiger charge is 2.28. The molecule has 1 saturated heterocycles. The Balaban J connectivity index is 2.46. The molecule has 0 aliphatic carbocycles. The molecule has 4 heteroatoms.